The number of likely N-dealkylation sites (N-methyl/N-ethyl adjacent to an activating group) is 2. The van der Waals surface area contributed by atoms with E-state index in [0.29, 0.717) is 5.92 Å². The molecule has 1 unspecified atom stereocenters. The zero-order chi connectivity index (χ0) is 11.3. The average Bonchev–Trinajstić information content (AvgIpc) is 2.67. The number of rotatable bonds is 6. The van der Waals surface area contributed by atoms with Gasteiger partial charge in [-0.2, -0.15) is 0 Å². The van der Waals surface area contributed by atoms with Crippen molar-refractivity contribution in [2.75, 3.05) is 40.8 Å². The average molecular weight is 214 g/mol. The minimum absolute atomic E-state index is 0.111. The Bertz CT molecular complexity index is 167. The second-order valence-electron chi connectivity index (χ2n) is 5.18. The SMILES string of the molecule is CN(C)CCN(C)CC(O)C1CCCC1. The number of aliphatic hydroxyl groups is 1. The van der Waals surface area contributed by atoms with Crippen LogP contribution in [0.1, 0.15) is 25.7 Å². The molecule has 1 fully saturated rings. The van der Waals surface area contributed by atoms with Gasteiger partial charge in [-0.25, -0.2) is 0 Å². The molecule has 1 rings (SSSR count). The van der Waals surface area contributed by atoms with Crippen LogP contribution in [0.2, 0.25) is 0 Å². The second kappa shape index (κ2) is 6.46. The smallest absolute Gasteiger partial charge is 0.0695 e. The van der Waals surface area contributed by atoms with Crippen LogP contribution < -0.4 is 0 Å². The fraction of sp³-hybridized carbons (Fsp3) is 1.00. The van der Waals surface area contributed by atoms with Crippen molar-refractivity contribution < 1.29 is 5.11 Å². The molecule has 0 aromatic heterocycles. The van der Waals surface area contributed by atoms with Gasteiger partial charge in [0.1, 0.15) is 0 Å². The molecule has 0 aromatic carbocycles. The number of hydrogen-bond acceptors (Lipinski definition) is 3. The highest BCUT2D eigenvalue weighted by Crippen LogP contribution is 2.27. The number of aliphatic hydroxyl groups excluding tert-OH is 1. The molecule has 1 N–H and O–H groups in total. The minimum atomic E-state index is -0.111. The van der Waals surface area contributed by atoms with E-state index >= 15 is 0 Å². The maximum absolute atomic E-state index is 10.0. The Morgan fingerprint density at radius 1 is 1.13 bits per heavy atom. The molecule has 0 spiro atoms. The Hall–Kier alpha value is -0.120. The second-order valence-corrected chi connectivity index (χ2v) is 5.18. The maximum Gasteiger partial charge on any atom is 0.0695 e. The summed E-state index contributed by atoms with van der Waals surface area (Å²) in [7, 11) is 6.27. The van der Waals surface area contributed by atoms with Gasteiger partial charge in [-0.15, -0.1) is 0 Å². The van der Waals surface area contributed by atoms with E-state index in [1.165, 1.54) is 25.7 Å². The van der Waals surface area contributed by atoms with Crippen molar-refractivity contribution in [1.29, 1.82) is 0 Å². The monoisotopic (exact) mass is 214 g/mol. The summed E-state index contributed by atoms with van der Waals surface area (Å²) < 4.78 is 0. The molecule has 90 valence electrons. The zero-order valence-corrected chi connectivity index (χ0v) is 10.4. The number of hydrogen-bond donors (Lipinski definition) is 1. The Morgan fingerprint density at radius 3 is 2.27 bits per heavy atom. The van der Waals surface area contributed by atoms with E-state index in [1.54, 1.807) is 0 Å². The molecule has 15 heavy (non-hydrogen) atoms. The van der Waals surface area contributed by atoms with E-state index in [-0.39, 0.29) is 6.10 Å². The van der Waals surface area contributed by atoms with Crippen LogP contribution in [0.5, 0.6) is 0 Å². The normalized spacial score (nSPS) is 20.4. The summed E-state index contributed by atoms with van der Waals surface area (Å²) in [6.45, 7) is 2.93. The lowest BCUT2D eigenvalue weighted by Crippen LogP contribution is -2.37. The zero-order valence-electron chi connectivity index (χ0n) is 10.4. The first kappa shape index (κ1) is 12.9. The van der Waals surface area contributed by atoms with Gasteiger partial charge in [0.25, 0.3) is 0 Å². The molecule has 0 aromatic rings. The molecule has 0 bridgehead atoms. The summed E-state index contributed by atoms with van der Waals surface area (Å²) in [6, 6.07) is 0. The van der Waals surface area contributed by atoms with Gasteiger partial charge in [-0.1, -0.05) is 12.8 Å². The highest BCUT2D eigenvalue weighted by molar-refractivity contribution is 4.76. The predicted molar refractivity (Wildman–Crippen MR) is 64.0 cm³/mol. The van der Waals surface area contributed by atoms with Crippen LogP contribution >= 0.6 is 0 Å². The van der Waals surface area contributed by atoms with Crippen LogP contribution in [-0.4, -0.2) is 61.8 Å². The fourth-order valence-corrected chi connectivity index (χ4v) is 2.27. The van der Waals surface area contributed by atoms with E-state index < -0.39 is 0 Å². The quantitative estimate of drug-likeness (QED) is 0.715. The van der Waals surface area contributed by atoms with Crippen molar-refractivity contribution in [3.8, 4) is 0 Å². The van der Waals surface area contributed by atoms with Crippen molar-refractivity contribution >= 4 is 0 Å². The summed E-state index contributed by atoms with van der Waals surface area (Å²) in [5.74, 6) is 0.562. The van der Waals surface area contributed by atoms with E-state index in [4.69, 9.17) is 0 Å². The van der Waals surface area contributed by atoms with E-state index in [1.807, 2.05) is 0 Å². The van der Waals surface area contributed by atoms with Gasteiger partial charge in [0, 0.05) is 19.6 Å². The van der Waals surface area contributed by atoms with Gasteiger partial charge in [-0.05, 0) is 39.9 Å². The molecule has 0 heterocycles. The molecule has 0 radical (unpaired) electrons. The van der Waals surface area contributed by atoms with E-state index in [2.05, 4.69) is 30.9 Å². The van der Waals surface area contributed by atoms with E-state index in [0.717, 1.165) is 19.6 Å². The predicted octanol–water partition coefficient (Wildman–Crippen LogP) is 1.03. The third-order valence-corrected chi connectivity index (χ3v) is 3.37. The molecular weight excluding hydrogens is 188 g/mol. The first-order chi connectivity index (χ1) is 7.09. The maximum atomic E-state index is 10.0. The molecule has 1 aliphatic rings. The first-order valence-electron chi connectivity index (χ1n) is 6.11. The summed E-state index contributed by atoms with van der Waals surface area (Å²) in [5.41, 5.74) is 0. The van der Waals surface area contributed by atoms with Crippen LogP contribution in [-0.2, 0) is 0 Å². The Morgan fingerprint density at radius 2 is 1.73 bits per heavy atom. The summed E-state index contributed by atoms with van der Waals surface area (Å²) in [5, 5.41) is 10.0. The molecule has 1 saturated carbocycles. The highest BCUT2D eigenvalue weighted by atomic mass is 16.3. The summed E-state index contributed by atoms with van der Waals surface area (Å²) in [4.78, 5) is 4.42. The van der Waals surface area contributed by atoms with Gasteiger partial charge in [0.2, 0.25) is 0 Å². The van der Waals surface area contributed by atoms with Crippen LogP contribution in [0.15, 0.2) is 0 Å². The van der Waals surface area contributed by atoms with Gasteiger partial charge >= 0.3 is 0 Å². The van der Waals surface area contributed by atoms with Crippen LogP contribution in [0.4, 0.5) is 0 Å². The molecule has 0 saturated heterocycles. The molecule has 1 atom stereocenters. The van der Waals surface area contributed by atoms with Crippen molar-refractivity contribution in [2.45, 2.75) is 31.8 Å². The van der Waals surface area contributed by atoms with Crippen molar-refractivity contribution in [1.82, 2.24) is 9.80 Å². The van der Waals surface area contributed by atoms with Gasteiger partial charge < -0.3 is 14.9 Å². The van der Waals surface area contributed by atoms with E-state index in [9.17, 15) is 5.11 Å². The molecule has 3 heteroatoms. The van der Waals surface area contributed by atoms with Crippen molar-refractivity contribution in [3.63, 3.8) is 0 Å². The third-order valence-electron chi connectivity index (χ3n) is 3.37. The molecule has 3 nitrogen and oxygen atoms in total. The summed E-state index contributed by atoms with van der Waals surface area (Å²) >= 11 is 0. The summed E-state index contributed by atoms with van der Waals surface area (Å²) in [6.07, 6.45) is 4.96. The number of nitrogens with zero attached hydrogens (tertiary/aromatic N) is 2. The molecule has 1 aliphatic carbocycles. The van der Waals surface area contributed by atoms with Crippen molar-refractivity contribution in [2.24, 2.45) is 5.92 Å². The highest BCUT2D eigenvalue weighted by Gasteiger charge is 2.23. The van der Waals surface area contributed by atoms with Gasteiger partial charge in [-0.3, -0.25) is 0 Å². The Kier molecular flexibility index (Phi) is 5.58. The topological polar surface area (TPSA) is 26.7 Å². The Labute approximate surface area is 94.1 Å². The van der Waals surface area contributed by atoms with Crippen LogP contribution in [0, 0.1) is 5.92 Å². The largest absolute Gasteiger partial charge is 0.392 e. The van der Waals surface area contributed by atoms with Crippen LogP contribution in [0.25, 0.3) is 0 Å². The third kappa shape index (κ3) is 4.96. The van der Waals surface area contributed by atoms with Crippen LogP contribution in [0.3, 0.4) is 0 Å². The lowest BCUT2D eigenvalue weighted by Gasteiger charge is -2.25. The molecule has 0 amide bonds. The fourth-order valence-electron chi connectivity index (χ4n) is 2.27. The Balaban J connectivity index is 2.15. The lowest BCUT2D eigenvalue weighted by atomic mass is 10.0. The molecule has 0 aliphatic heterocycles. The van der Waals surface area contributed by atoms with Gasteiger partial charge in [0.15, 0.2) is 0 Å². The first-order valence-corrected chi connectivity index (χ1v) is 6.11. The van der Waals surface area contributed by atoms with Crippen molar-refractivity contribution in [3.05, 3.63) is 0 Å². The minimum Gasteiger partial charge on any atom is -0.392 e. The standard InChI is InChI=1S/C12H26N2O/c1-13(2)8-9-14(3)10-12(15)11-6-4-5-7-11/h11-12,15H,4-10H2,1-3H3. The lowest BCUT2D eigenvalue weighted by molar-refractivity contribution is 0.0727. The molecular formula is C12H26N2O. The van der Waals surface area contributed by atoms with Gasteiger partial charge in [0.05, 0.1) is 6.10 Å².